The largest absolute Gasteiger partial charge is 0.335 e. The van der Waals surface area contributed by atoms with Crippen molar-refractivity contribution >= 4 is 5.91 Å². The van der Waals surface area contributed by atoms with E-state index in [1.807, 2.05) is 56.0 Å². The van der Waals surface area contributed by atoms with Gasteiger partial charge in [0, 0.05) is 12.5 Å². The number of amides is 1. The molecule has 1 aliphatic rings. The SMILES string of the molecule is CC[C@]1(C)C(=O)N([C@H](C)c2ccccc2)C[C@@H]1CF. The van der Waals surface area contributed by atoms with Crippen molar-refractivity contribution in [2.75, 3.05) is 13.2 Å². The molecule has 0 radical (unpaired) electrons. The molecule has 0 saturated carbocycles. The second-order valence-electron chi connectivity index (χ2n) is 5.67. The summed E-state index contributed by atoms with van der Waals surface area (Å²) in [5.74, 6) is -0.0924. The van der Waals surface area contributed by atoms with Gasteiger partial charge in [0.25, 0.3) is 0 Å². The highest BCUT2D eigenvalue weighted by molar-refractivity contribution is 5.85. The first-order chi connectivity index (χ1) is 9.04. The van der Waals surface area contributed by atoms with Crippen LogP contribution in [0.3, 0.4) is 0 Å². The van der Waals surface area contributed by atoms with E-state index in [2.05, 4.69) is 0 Å². The van der Waals surface area contributed by atoms with Crippen LogP contribution in [0.2, 0.25) is 0 Å². The Morgan fingerprint density at radius 2 is 2.05 bits per heavy atom. The van der Waals surface area contributed by atoms with Gasteiger partial charge in [0.15, 0.2) is 0 Å². The van der Waals surface area contributed by atoms with Crippen molar-refractivity contribution in [2.45, 2.75) is 33.2 Å². The van der Waals surface area contributed by atoms with Crippen molar-refractivity contribution in [3.05, 3.63) is 35.9 Å². The monoisotopic (exact) mass is 263 g/mol. The molecule has 0 aliphatic carbocycles. The molecule has 0 N–H and O–H groups in total. The maximum Gasteiger partial charge on any atom is 0.229 e. The number of carbonyl (C=O) groups excluding carboxylic acids is 1. The van der Waals surface area contributed by atoms with E-state index in [4.69, 9.17) is 0 Å². The molecule has 1 amide bonds. The van der Waals surface area contributed by atoms with Crippen LogP contribution in [0, 0.1) is 11.3 Å². The van der Waals surface area contributed by atoms with Crippen LogP contribution in [-0.2, 0) is 4.79 Å². The molecule has 1 aromatic rings. The fourth-order valence-corrected chi connectivity index (χ4v) is 2.93. The first-order valence-electron chi connectivity index (χ1n) is 6.96. The van der Waals surface area contributed by atoms with Crippen LogP contribution >= 0.6 is 0 Å². The van der Waals surface area contributed by atoms with Gasteiger partial charge in [-0.1, -0.05) is 44.2 Å². The smallest absolute Gasteiger partial charge is 0.229 e. The third kappa shape index (κ3) is 2.26. The quantitative estimate of drug-likeness (QED) is 0.813. The Balaban J connectivity index is 2.25. The summed E-state index contributed by atoms with van der Waals surface area (Å²) in [6, 6.07) is 9.95. The van der Waals surface area contributed by atoms with Crippen LogP contribution in [0.15, 0.2) is 30.3 Å². The third-order valence-corrected chi connectivity index (χ3v) is 4.74. The van der Waals surface area contributed by atoms with Crippen LogP contribution < -0.4 is 0 Å². The molecular weight excluding hydrogens is 241 g/mol. The number of alkyl halides is 1. The van der Waals surface area contributed by atoms with Gasteiger partial charge in [-0.2, -0.15) is 0 Å². The Kier molecular flexibility index (Phi) is 3.93. The summed E-state index contributed by atoms with van der Waals surface area (Å²) in [5, 5.41) is 0. The Labute approximate surface area is 114 Å². The van der Waals surface area contributed by atoms with Crippen molar-refractivity contribution in [2.24, 2.45) is 11.3 Å². The van der Waals surface area contributed by atoms with Crippen LogP contribution in [-0.4, -0.2) is 24.0 Å². The summed E-state index contributed by atoms with van der Waals surface area (Å²) in [5.41, 5.74) is 0.562. The molecule has 3 atom stereocenters. The highest BCUT2D eigenvalue weighted by Gasteiger charge is 2.50. The van der Waals surface area contributed by atoms with E-state index in [1.165, 1.54) is 0 Å². The van der Waals surface area contributed by atoms with E-state index in [9.17, 15) is 9.18 Å². The van der Waals surface area contributed by atoms with Crippen molar-refractivity contribution in [1.29, 1.82) is 0 Å². The van der Waals surface area contributed by atoms with E-state index in [0.717, 1.165) is 5.56 Å². The van der Waals surface area contributed by atoms with Gasteiger partial charge in [-0.25, -0.2) is 0 Å². The molecule has 1 fully saturated rings. The summed E-state index contributed by atoms with van der Waals surface area (Å²) >= 11 is 0. The van der Waals surface area contributed by atoms with Crippen LogP contribution in [0.5, 0.6) is 0 Å². The van der Waals surface area contributed by atoms with E-state index in [1.54, 1.807) is 0 Å². The molecule has 19 heavy (non-hydrogen) atoms. The molecule has 1 heterocycles. The molecule has 1 saturated heterocycles. The van der Waals surface area contributed by atoms with Gasteiger partial charge >= 0.3 is 0 Å². The summed E-state index contributed by atoms with van der Waals surface area (Å²) in [4.78, 5) is 14.4. The van der Waals surface area contributed by atoms with Gasteiger partial charge in [-0.15, -0.1) is 0 Å². The van der Waals surface area contributed by atoms with E-state index < -0.39 is 12.1 Å². The number of benzene rings is 1. The highest BCUT2D eigenvalue weighted by atomic mass is 19.1. The maximum absolute atomic E-state index is 13.2. The summed E-state index contributed by atoms with van der Waals surface area (Å²) in [7, 11) is 0. The Bertz CT molecular complexity index is 447. The molecule has 2 nitrogen and oxygen atoms in total. The average molecular weight is 263 g/mol. The predicted molar refractivity (Wildman–Crippen MR) is 74.4 cm³/mol. The topological polar surface area (TPSA) is 20.3 Å². The van der Waals surface area contributed by atoms with E-state index >= 15 is 0 Å². The maximum atomic E-state index is 13.2. The zero-order valence-corrected chi connectivity index (χ0v) is 11.9. The first kappa shape index (κ1) is 14.0. The summed E-state index contributed by atoms with van der Waals surface area (Å²) in [6.45, 7) is 5.99. The van der Waals surface area contributed by atoms with E-state index in [-0.39, 0.29) is 17.9 Å². The van der Waals surface area contributed by atoms with Gasteiger partial charge in [0.2, 0.25) is 5.91 Å². The normalized spacial score (nSPS) is 28.7. The lowest BCUT2D eigenvalue weighted by Crippen LogP contribution is -2.35. The fraction of sp³-hybridized carbons (Fsp3) is 0.562. The molecular formula is C16H22FNO. The number of rotatable bonds is 4. The molecule has 3 heteroatoms. The lowest BCUT2D eigenvalue weighted by atomic mass is 9.78. The second kappa shape index (κ2) is 5.32. The van der Waals surface area contributed by atoms with Crippen molar-refractivity contribution < 1.29 is 9.18 Å². The Hall–Kier alpha value is -1.38. The van der Waals surface area contributed by atoms with Crippen LogP contribution in [0.25, 0.3) is 0 Å². The minimum absolute atomic E-state index is 0.0103. The molecule has 2 rings (SSSR count). The van der Waals surface area contributed by atoms with Crippen LogP contribution in [0.1, 0.15) is 38.8 Å². The first-order valence-corrected chi connectivity index (χ1v) is 6.96. The Morgan fingerprint density at radius 1 is 1.42 bits per heavy atom. The van der Waals surface area contributed by atoms with Crippen LogP contribution in [0.4, 0.5) is 4.39 Å². The zero-order chi connectivity index (χ0) is 14.0. The number of likely N-dealkylation sites (tertiary alicyclic amines) is 1. The fourth-order valence-electron chi connectivity index (χ4n) is 2.93. The molecule has 104 valence electrons. The average Bonchev–Trinajstić information content (AvgIpc) is 2.72. The van der Waals surface area contributed by atoms with Crippen molar-refractivity contribution in [3.63, 3.8) is 0 Å². The number of carbonyl (C=O) groups is 1. The minimum atomic E-state index is -0.544. The van der Waals surface area contributed by atoms with Crippen molar-refractivity contribution in [3.8, 4) is 0 Å². The minimum Gasteiger partial charge on any atom is -0.335 e. The number of hydrogen-bond acceptors (Lipinski definition) is 1. The third-order valence-electron chi connectivity index (χ3n) is 4.74. The predicted octanol–water partition coefficient (Wildman–Crippen LogP) is 3.59. The lowest BCUT2D eigenvalue weighted by molar-refractivity contribution is -0.138. The molecule has 0 spiro atoms. The molecule has 0 unspecified atom stereocenters. The molecule has 1 aromatic carbocycles. The molecule has 0 aromatic heterocycles. The second-order valence-corrected chi connectivity index (χ2v) is 5.67. The Morgan fingerprint density at radius 3 is 2.53 bits per heavy atom. The van der Waals surface area contributed by atoms with E-state index in [0.29, 0.717) is 13.0 Å². The number of halogens is 1. The standard InChI is InChI=1S/C16H22FNO/c1-4-16(3)14(10-17)11-18(15(16)19)12(2)13-8-6-5-7-9-13/h5-9,12,14H,4,10-11H2,1-3H3/t12-,14+,16+/m1/s1. The zero-order valence-electron chi connectivity index (χ0n) is 11.9. The highest BCUT2D eigenvalue weighted by Crippen LogP contribution is 2.43. The van der Waals surface area contributed by atoms with Crippen molar-refractivity contribution in [1.82, 2.24) is 4.90 Å². The lowest BCUT2D eigenvalue weighted by Gasteiger charge is -2.28. The number of nitrogens with zero attached hydrogens (tertiary/aromatic N) is 1. The van der Waals surface area contributed by atoms with Gasteiger partial charge < -0.3 is 4.90 Å². The summed E-state index contributed by atoms with van der Waals surface area (Å²) in [6.07, 6.45) is 0.693. The van der Waals surface area contributed by atoms with Gasteiger partial charge in [0.1, 0.15) is 0 Å². The molecule has 1 aliphatic heterocycles. The summed E-state index contributed by atoms with van der Waals surface area (Å²) < 4.78 is 13.2. The number of hydrogen-bond donors (Lipinski definition) is 0. The molecule has 0 bridgehead atoms. The van der Waals surface area contributed by atoms with Gasteiger partial charge in [0.05, 0.1) is 18.1 Å². The van der Waals surface area contributed by atoms with Gasteiger partial charge in [-0.05, 0) is 18.9 Å². The van der Waals surface area contributed by atoms with Gasteiger partial charge in [-0.3, -0.25) is 9.18 Å².